The molecule has 0 spiro atoms. The Balaban J connectivity index is 2.09. The van der Waals surface area contributed by atoms with Crippen LogP contribution in [-0.2, 0) is 11.8 Å². The molecular weight excluding hydrogens is 350 g/mol. The number of methoxy groups -OCH3 is 1. The number of nitrogens with one attached hydrogen (secondary N) is 1. The van der Waals surface area contributed by atoms with E-state index in [0.29, 0.717) is 27.6 Å². The van der Waals surface area contributed by atoms with E-state index >= 15 is 0 Å². The summed E-state index contributed by atoms with van der Waals surface area (Å²) in [4.78, 5) is 24.8. The van der Waals surface area contributed by atoms with Crippen molar-refractivity contribution >= 4 is 45.4 Å². The number of hydrogen-bond donors (Lipinski definition) is 2. The summed E-state index contributed by atoms with van der Waals surface area (Å²) >= 11 is 1.43. The number of thioether (sulfide) groups is 1. The van der Waals surface area contributed by atoms with Crippen LogP contribution in [0.4, 0.5) is 5.69 Å². The summed E-state index contributed by atoms with van der Waals surface area (Å²) in [6.07, 6.45) is 1.91. The van der Waals surface area contributed by atoms with Crippen LogP contribution in [-0.4, -0.2) is 38.9 Å². The number of nitrogen functional groups attached to an aromatic ring is 1. The Morgan fingerprint density at radius 1 is 1.31 bits per heavy atom. The number of benzene rings is 1. The Hall–Kier alpha value is -3.00. The highest BCUT2D eigenvalue weighted by Crippen LogP contribution is 2.36. The zero-order chi connectivity index (χ0) is 18.4. The first kappa shape index (κ1) is 16.5. The average Bonchev–Trinajstić information content (AvgIpc) is 3.20. The first-order valence-corrected chi connectivity index (χ1v) is 9.14. The van der Waals surface area contributed by atoms with E-state index in [-0.39, 0.29) is 5.69 Å². The fourth-order valence-corrected chi connectivity index (χ4v) is 3.52. The van der Waals surface area contributed by atoms with Crippen molar-refractivity contribution in [3.05, 3.63) is 36.0 Å². The Labute approximate surface area is 153 Å². The summed E-state index contributed by atoms with van der Waals surface area (Å²) in [6.45, 7) is 0. The van der Waals surface area contributed by atoms with Gasteiger partial charge in [0.1, 0.15) is 11.3 Å². The Morgan fingerprint density at radius 3 is 2.77 bits per heavy atom. The quantitative estimate of drug-likeness (QED) is 0.328. The molecule has 7 nitrogen and oxygen atoms in total. The van der Waals surface area contributed by atoms with Crippen LogP contribution >= 0.6 is 11.8 Å². The van der Waals surface area contributed by atoms with Gasteiger partial charge in [-0.25, -0.2) is 14.8 Å². The summed E-state index contributed by atoms with van der Waals surface area (Å²) in [6, 6.07) is 10.00. The van der Waals surface area contributed by atoms with E-state index in [4.69, 9.17) is 10.5 Å². The number of esters is 1. The van der Waals surface area contributed by atoms with Gasteiger partial charge in [-0.1, -0.05) is 30.0 Å². The van der Waals surface area contributed by atoms with Gasteiger partial charge in [-0.05, 0) is 18.4 Å². The number of anilines is 1. The van der Waals surface area contributed by atoms with Crippen LogP contribution in [0.5, 0.6) is 0 Å². The Bertz CT molecular complexity index is 1130. The third kappa shape index (κ3) is 2.33. The number of ether oxygens (including phenoxy) is 1. The SMILES string of the molecule is COC(=O)c1c(N)c2c(-c3cc4ccccc4[nH]3)nc(SC)nc2n1C. The van der Waals surface area contributed by atoms with Gasteiger partial charge in [-0.3, -0.25) is 0 Å². The molecule has 0 atom stereocenters. The smallest absolute Gasteiger partial charge is 0.356 e. The van der Waals surface area contributed by atoms with Crippen LogP contribution in [0.1, 0.15) is 10.5 Å². The molecule has 0 radical (unpaired) electrons. The second kappa shape index (κ2) is 6.06. The third-order valence-electron chi connectivity index (χ3n) is 4.39. The molecule has 4 rings (SSSR count). The standard InChI is InChI=1S/C18H17N5O2S/c1-23-15(17(24)25-2)13(19)12-14(21-18(26-3)22-16(12)23)11-8-9-6-4-5-7-10(9)20-11/h4-8,20H,19H2,1-3H3. The molecule has 0 fully saturated rings. The summed E-state index contributed by atoms with van der Waals surface area (Å²) in [5, 5.41) is 2.31. The van der Waals surface area contributed by atoms with Gasteiger partial charge < -0.3 is 20.0 Å². The lowest BCUT2D eigenvalue weighted by atomic mass is 10.1. The summed E-state index contributed by atoms with van der Waals surface area (Å²) in [5.41, 5.74) is 9.99. The number of carbonyl (C=O) groups is 1. The lowest BCUT2D eigenvalue weighted by Crippen LogP contribution is -2.10. The van der Waals surface area contributed by atoms with Gasteiger partial charge in [0.25, 0.3) is 0 Å². The van der Waals surface area contributed by atoms with E-state index < -0.39 is 5.97 Å². The predicted octanol–water partition coefficient (Wildman–Crippen LogP) is 3.21. The summed E-state index contributed by atoms with van der Waals surface area (Å²) in [5.74, 6) is -0.503. The first-order chi connectivity index (χ1) is 12.5. The Morgan fingerprint density at radius 2 is 2.08 bits per heavy atom. The minimum absolute atomic E-state index is 0.271. The molecule has 0 aliphatic heterocycles. The summed E-state index contributed by atoms with van der Waals surface area (Å²) in [7, 11) is 3.08. The van der Waals surface area contributed by atoms with E-state index in [0.717, 1.165) is 16.6 Å². The zero-order valence-corrected chi connectivity index (χ0v) is 15.3. The minimum Gasteiger partial charge on any atom is -0.464 e. The maximum Gasteiger partial charge on any atom is 0.356 e. The number of nitrogens with zero attached hydrogens (tertiary/aromatic N) is 3. The van der Waals surface area contributed by atoms with Crippen LogP contribution in [0.2, 0.25) is 0 Å². The molecular formula is C18H17N5O2S. The second-order valence-corrected chi connectivity index (χ2v) is 6.61. The molecule has 0 aliphatic rings. The molecule has 0 amide bonds. The lowest BCUT2D eigenvalue weighted by molar-refractivity contribution is 0.0591. The van der Waals surface area contributed by atoms with E-state index in [1.807, 2.05) is 36.6 Å². The van der Waals surface area contributed by atoms with E-state index in [2.05, 4.69) is 15.0 Å². The average molecular weight is 367 g/mol. The molecule has 0 bridgehead atoms. The number of rotatable bonds is 3. The van der Waals surface area contributed by atoms with Crippen LogP contribution in [0.25, 0.3) is 33.3 Å². The highest BCUT2D eigenvalue weighted by molar-refractivity contribution is 7.98. The summed E-state index contributed by atoms with van der Waals surface area (Å²) < 4.78 is 6.53. The number of nitrogens with two attached hydrogens (primary N) is 1. The minimum atomic E-state index is -0.503. The number of hydrogen-bond acceptors (Lipinski definition) is 6. The largest absolute Gasteiger partial charge is 0.464 e. The first-order valence-electron chi connectivity index (χ1n) is 7.91. The molecule has 3 N–H and O–H groups in total. The molecule has 26 heavy (non-hydrogen) atoms. The Kier molecular flexibility index (Phi) is 3.84. The van der Waals surface area contributed by atoms with Gasteiger partial charge >= 0.3 is 5.97 Å². The van der Waals surface area contributed by atoms with Gasteiger partial charge in [0, 0.05) is 18.0 Å². The molecule has 0 saturated heterocycles. The number of aromatic amines is 1. The van der Waals surface area contributed by atoms with Crippen molar-refractivity contribution < 1.29 is 9.53 Å². The second-order valence-electron chi connectivity index (χ2n) is 5.84. The number of para-hydroxylation sites is 1. The van der Waals surface area contributed by atoms with Gasteiger partial charge in [0.15, 0.2) is 10.9 Å². The molecule has 0 saturated carbocycles. The van der Waals surface area contributed by atoms with Crippen molar-refractivity contribution in [2.45, 2.75) is 5.16 Å². The molecule has 0 aliphatic carbocycles. The van der Waals surface area contributed by atoms with Gasteiger partial charge in [0.2, 0.25) is 0 Å². The molecule has 1 aromatic carbocycles. The molecule has 132 valence electrons. The molecule has 0 unspecified atom stereocenters. The van der Waals surface area contributed by atoms with E-state index in [9.17, 15) is 4.79 Å². The number of H-pyrrole nitrogens is 1. The number of carbonyl (C=O) groups excluding carboxylic acids is 1. The van der Waals surface area contributed by atoms with Crippen molar-refractivity contribution in [2.24, 2.45) is 7.05 Å². The number of aromatic nitrogens is 4. The van der Waals surface area contributed by atoms with Crippen molar-refractivity contribution in [2.75, 3.05) is 19.1 Å². The fraction of sp³-hybridized carbons (Fsp3) is 0.167. The van der Waals surface area contributed by atoms with E-state index in [1.165, 1.54) is 18.9 Å². The van der Waals surface area contributed by atoms with Crippen molar-refractivity contribution in [3.8, 4) is 11.4 Å². The molecule has 8 heteroatoms. The fourth-order valence-electron chi connectivity index (χ4n) is 3.16. The predicted molar refractivity (Wildman–Crippen MR) is 103 cm³/mol. The van der Waals surface area contributed by atoms with Crippen molar-refractivity contribution in [1.82, 2.24) is 19.5 Å². The normalized spacial score (nSPS) is 11.3. The maximum atomic E-state index is 12.2. The van der Waals surface area contributed by atoms with Gasteiger partial charge in [-0.15, -0.1) is 0 Å². The van der Waals surface area contributed by atoms with Crippen LogP contribution in [0.15, 0.2) is 35.5 Å². The monoisotopic (exact) mass is 367 g/mol. The zero-order valence-electron chi connectivity index (χ0n) is 14.5. The highest BCUT2D eigenvalue weighted by atomic mass is 32.2. The van der Waals surface area contributed by atoms with Crippen LogP contribution in [0.3, 0.4) is 0 Å². The van der Waals surface area contributed by atoms with Crippen LogP contribution in [0, 0.1) is 0 Å². The van der Waals surface area contributed by atoms with Gasteiger partial charge in [0.05, 0.1) is 23.9 Å². The number of aryl methyl sites for hydroxylation is 1. The molecule has 3 aromatic heterocycles. The maximum absolute atomic E-state index is 12.2. The molecule has 3 heterocycles. The van der Waals surface area contributed by atoms with Crippen molar-refractivity contribution in [1.29, 1.82) is 0 Å². The highest BCUT2D eigenvalue weighted by Gasteiger charge is 2.25. The lowest BCUT2D eigenvalue weighted by Gasteiger charge is -2.04. The number of fused-ring (bicyclic) bond motifs is 2. The van der Waals surface area contributed by atoms with Crippen molar-refractivity contribution in [3.63, 3.8) is 0 Å². The molecule has 4 aromatic rings. The van der Waals surface area contributed by atoms with Crippen LogP contribution < -0.4 is 5.73 Å². The third-order valence-corrected chi connectivity index (χ3v) is 4.94. The van der Waals surface area contributed by atoms with E-state index in [1.54, 1.807) is 11.6 Å². The topological polar surface area (TPSA) is 98.8 Å². The van der Waals surface area contributed by atoms with Gasteiger partial charge in [-0.2, -0.15) is 0 Å².